The number of benzene rings is 1. The van der Waals surface area contributed by atoms with Gasteiger partial charge in [-0.1, -0.05) is 12.1 Å². The molecule has 0 aromatic heterocycles. The van der Waals surface area contributed by atoms with Gasteiger partial charge in [0.25, 0.3) is 0 Å². The van der Waals surface area contributed by atoms with Crippen molar-refractivity contribution in [2.45, 2.75) is 30.5 Å². The highest BCUT2D eigenvalue weighted by atomic mass is 32.2. The van der Waals surface area contributed by atoms with Gasteiger partial charge in [-0.25, -0.2) is 0 Å². The van der Waals surface area contributed by atoms with Crippen molar-refractivity contribution in [3.63, 3.8) is 0 Å². The monoisotopic (exact) mass is 224 g/mol. The summed E-state index contributed by atoms with van der Waals surface area (Å²) >= 11 is 1.77. The topological polar surface area (TPSA) is 29.5 Å². The van der Waals surface area contributed by atoms with Crippen molar-refractivity contribution in [3.8, 4) is 5.75 Å². The molecule has 1 aliphatic rings. The van der Waals surface area contributed by atoms with Gasteiger partial charge in [0.2, 0.25) is 0 Å². The Morgan fingerprint density at radius 3 is 2.87 bits per heavy atom. The Hall–Kier alpha value is -0.670. The third kappa shape index (κ3) is 1.74. The van der Waals surface area contributed by atoms with E-state index in [-0.39, 0.29) is 4.75 Å². The number of hydrogen-bond acceptors (Lipinski definition) is 3. The van der Waals surface area contributed by atoms with Crippen LogP contribution in [0.25, 0.3) is 0 Å². The van der Waals surface area contributed by atoms with Crippen molar-refractivity contribution >= 4 is 11.8 Å². The first-order chi connectivity index (χ1) is 7.06. The molecule has 0 bridgehead atoms. The summed E-state index contributed by atoms with van der Waals surface area (Å²) in [7, 11) is 1.67. The molecule has 1 aromatic rings. The zero-order valence-corrected chi connectivity index (χ0v) is 10.1. The lowest BCUT2D eigenvalue weighted by Gasteiger charge is -2.36. The highest BCUT2D eigenvalue weighted by Gasteiger charge is 2.36. The summed E-state index contributed by atoms with van der Waals surface area (Å²) in [5, 5.41) is 10.2. The van der Waals surface area contributed by atoms with Gasteiger partial charge in [0.15, 0.2) is 0 Å². The van der Waals surface area contributed by atoms with E-state index in [0.717, 1.165) is 22.6 Å². The van der Waals surface area contributed by atoms with E-state index in [2.05, 4.69) is 13.8 Å². The molecule has 1 atom stereocenters. The fourth-order valence-corrected chi connectivity index (χ4v) is 3.01. The van der Waals surface area contributed by atoms with Crippen LogP contribution < -0.4 is 4.74 Å². The summed E-state index contributed by atoms with van der Waals surface area (Å²) in [6, 6.07) is 5.88. The van der Waals surface area contributed by atoms with Gasteiger partial charge in [-0.05, 0) is 25.5 Å². The minimum absolute atomic E-state index is 0.112. The van der Waals surface area contributed by atoms with Crippen molar-refractivity contribution in [2.24, 2.45) is 0 Å². The van der Waals surface area contributed by atoms with Crippen LogP contribution in [0.2, 0.25) is 0 Å². The molecule has 0 amide bonds. The van der Waals surface area contributed by atoms with Crippen LogP contribution in [0.4, 0.5) is 0 Å². The van der Waals surface area contributed by atoms with Crippen molar-refractivity contribution in [1.82, 2.24) is 0 Å². The summed E-state index contributed by atoms with van der Waals surface area (Å²) in [6.07, 6.45) is -0.415. The van der Waals surface area contributed by atoms with E-state index in [1.54, 1.807) is 18.9 Å². The van der Waals surface area contributed by atoms with Gasteiger partial charge in [0, 0.05) is 16.1 Å². The first-order valence-corrected chi connectivity index (χ1v) is 6.02. The molecule has 2 rings (SSSR count). The van der Waals surface area contributed by atoms with E-state index in [9.17, 15) is 5.11 Å². The minimum Gasteiger partial charge on any atom is -0.496 e. The first kappa shape index (κ1) is 10.8. The molecule has 15 heavy (non-hydrogen) atoms. The third-order valence-electron chi connectivity index (χ3n) is 2.93. The van der Waals surface area contributed by atoms with Crippen LogP contribution in [-0.4, -0.2) is 17.0 Å². The fraction of sp³-hybridized carbons (Fsp3) is 0.500. The van der Waals surface area contributed by atoms with Crippen LogP contribution in [0.1, 0.15) is 31.1 Å². The molecular formula is C12H16O2S. The van der Waals surface area contributed by atoms with Crippen LogP contribution >= 0.6 is 11.8 Å². The Balaban J connectivity index is 2.49. The Bertz CT molecular complexity index is 374. The molecule has 1 N–H and O–H groups in total. The second-order valence-corrected chi connectivity index (χ2v) is 5.95. The van der Waals surface area contributed by atoms with Gasteiger partial charge in [-0.3, -0.25) is 0 Å². The van der Waals surface area contributed by atoms with Crippen LogP contribution in [0.3, 0.4) is 0 Å². The van der Waals surface area contributed by atoms with Gasteiger partial charge >= 0.3 is 0 Å². The molecule has 1 aliphatic heterocycles. The standard InChI is InChI=1S/C12H16O2S/c1-12(2)11(13)8-5-4-6-10(14-3)9(8)7-15-12/h4-6,11,13H,7H2,1-3H3. The summed E-state index contributed by atoms with van der Waals surface area (Å²) in [5.74, 6) is 1.79. The van der Waals surface area contributed by atoms with Crippen LogP contribution in [0.15, 0.2) is 18.2 Å². The molecule has 0 saturated heterocycles. The lowest BCUT2D eigenvalue weighted by Crippen LogP contribution is -2.30. The fourth-order valence-electron chi connectivity index (χ4n) is 1.90. The largest absolute Gasteiger partial charge is 0.496 e. The van der Waals surface area contributed by atoms with Gasteiger partial charge in [0.05, 0.1) is 13.2 Å². The zero-order chi connectivity index (χ0) is 11.1. The molecule has 0 aliphatic carbocycles. The number of hydrogen-bond donors (Lipinski definition) is 1. The molecule has 2 nitrogen and oxygen atoms in total. The predicted octanol–water partition coefficient (Wildman–Crippen LogP) is 2.75. The molecule has 1 unspecified atom stereocenters. The SMILES string of the molecule is COc1cccc2c1CSC(C)(C)C2O. The highest BCUT2D eigenvalue weighted by Crippen LogP contribution is 2.47. The Labute approximate surface area is 94.6 Å². The average Bonchev–Trinajstić information content (AvgIpc) is 2.23. The number of ether oxygens (including phenoxy) is 1. The molecule has 3 heteroatoms. The number of aliphatic hydroxyl groups excluding tert-OH is 1. The summed E-state index contributed by atoms with van der Waals surface area (Å²) in [6.45, 7) is 4.15. The van der Waals surface area contributed by atoms with E-state index in [1.807, 2.05) is 18.2 Å². The van der Waals surface area contributed by atoms with Crippen LogP contribution in [0, 0.1) is 0 Å². The van der Waals surface area contributed by atoms with Gasteiger partial charge in [-0.15, -0.1) is 11.8 Å². The average molecular weight is 224 g/mol. The number of methoxy groups -OCH3 is 1. The Morgan fingerprint density at radius 2 is 2.20 bits per heavy atom. The van der Waals surface area contributed by atoms with Crippen molar-refractivity contribution in [2.75, 3.05) is 7.11 Å². The minimum atomic E-state index is -0.415. The Kier molecular flexibility index (Phi) is 2.69. The number of fused-ring (bicyclic) bond motifs is 1. The second-order valence-electron chi connectivity index (χ2n) is 4.32. The predicted molar refractivity (Wildman–Crippen MR) is 63.3 cm³/mol. The normalized spacial score (nSPS) is 23.3. The van der Waals surface area contributed by atoms with Gasteiger partial charge in [0.1, 0.15) is 5.75 Å². The van der Waals surface area contributed by atoms with E-state index < -0.39 is 6.10 Å². The molecule has 0 saturated carbocycles. The maximum Gasteiger partial charge on any atom is 0.123 e. The maximum absolute atomic E-state index is 10.2. The summed E-state index contributed by atoms with van der Waals surface area (Å²) in [5.41, 5.74) is 2.15. The van der Waals surface area contributed by atoms with E-state index >= 15 is 0 Å². The number of thioether (sulfide) groups is 1. The smallest absolute Gasteiger partial charge is 0.123 e. The Morgan fingerprint density at radius 1 is 1.47 bits per heavy atom. The van der Waals surface area contributed by atoms with E-state index in [4.69, 9.17) is 4.74 Å². The van der Waals surface area contributed by atoms with Gasteiger partial charge in [-0.2, -0.15) is 0 Å². The molecule has 0 spiro atoms. The first-order valence-electron chi connectivity index (χ1n) is 5.04. The lowest BCUT2D eigenvalue weighted by atomic mass is 9.93. The molecular weight excluding hydrogens is 208 g/mol. The number of rotatable bonds is 1. The van der Waals surface area contributed by atoms with Gasteiger partial charge < -0.3 is 9.84 Å². The van der Waals surface area contributed by atoms with E-state index in [0.29, 0.717) is 0 Å². The molecule has 0 fully saturated rings. The van der Waals surface area contributed by atoms with Crippen LogP contribution in [0.5, 0.6) is 5.75 Å². The molecule has 1 aromatic carbocycles. The highest BCUT2D eigenvalue weighted by molar-refractivity contribution is 7.99. The number of aliphatic hydroxyl groups is 1. The second kappa shape index (κ2) is 3.72. The van der Waals surface area contributed by atoms with E-state index in [1.165, 1.54) is 0 Å². The molecule has 0 radical (unpaired) electrons. The van der Waals surface area contributed by atoms with Crippen molar-refractivity contribution in [3.05, 3.63) is 29.3 Å². The lowest BCUT2D eigenvalue weighted by molar-refractivity contribution is 0.141. The van der Waals surface area contributed by atoms with Crippen LogP contribution in [-0.2, 0) is 5.75 Å². The van der Waals surface area contributed by atoms with Crippen molar-refractivity contribution < 1.29 is 9.84 Å². The summed E-state index contributed by atoms with van der Waals surface area (Å²) in [4.78, 5) is 0. The van der Waals surface area contributed by atoms with Crippen molar-refractivity contribution in [1.29, 1.82) is 0 Å². The zero-order valence-electron chi connectivity index (χ0n) is 9.28. The maximum atomic E-state index is 10.2. The summed E-state index contributed by atoms with van der Waals surface area (Å²) < 4.78 is 5.19. The molecule has 82 valence electrons. The quantitative estimate of drug-likeness (QED) is 0.795. The third-order valence-corrected chi connectivity index (χ3v) is 4.33. The molecule has 1 heterocycles.